The Hall–Kier alpha value is -2.49. The highest BCUT2D eigenvalue weighted by molar-refractivity contribution is 5.94. The van der Waals surface area contributed by atoms with Crippen molar-refractivity contribution in [3.8, 4) is 11.5 Å². The van der Waals surface area contributed by atoms with E-state index < -0.39 is 0 Å². The van der Waals surface area contributed by atoms with Crippen LogP contribution in [0.1, 0.15) is 11.1 Å². The Morgan fingerprint density at radius 1 is 1.11 bits per heavy atom. The molecule has 0 bridgehead atoms. The van der Waals surface area contributed by atoms with Gasteiger partial charge < -0.3 is 13.9 Å². The maximum absolute atomic E-state index is 11.5. The van der Waals surface area contributed by atoms with E-state index in [2.05, 4.69) is 0 Å². The van der Waals surface area contributed by atoms with Gasteiger partial charge in [-0.2, -0.15) is 0 Å². The van der Waals surface area contributed by atoms with Crippen molar-refractivity contribution in [1.29, 1.82) is 0 Å². The van der Waals surface area contributed by atoms with Crippen molar-refractivity contribution < 1.29 is 13.9 Å². The largest absolute Gasteiger partial charge is 0.488 e. The van der Waals surface area contributed by atoms with E-state index in [1.54, 1.807) is 12.3 Å². The topological polar surface area (TPSA) is 48.7 Å². The van der Waals surface area contributed by atoms with Crippen LogP contribution in [0.5, 0.6) is 11.5 Å². The first-order valence-electron chi connectivity index (χ1n) is 6.08. The van der Waals surface area contributed by atoms with Crippen molar-refractivity contribution in [3.05, 3.63) is 52.1 Å². The molecule has 0 aliphatic carbocycles. The summed E-state index contributed by atoms with van der Waals surface area (Å²) in [4.78, 5) is 11.5. The summed E-state index contributed by atoms with van der Waals surface area (Å²) in [6, 6.07) is 3.16. The van der Waals surface area contributed by atoms with Crippen molar-refractivity contribution in [1.82, 2.24) is 0 Å². The summed E-state index contributed by atoms with van der Waals surface area (Å²) in [5, 5.41) is 0.816. The molecule has 0 atom stereocenters. The van der Waals surface area contributed by atoms with Crippen LogP contribution in [0.2, 0.25) is 0 Å². The van der Waals surface area contributed by atoms with E-state index in [1.165, 1.54) is 6.07 Å². The van der Waals surface area contributed by atoms with Gasteiger partial charge in [-0.25, -0.2) is 4.79 Å². The van der Waals surface area contributed by atoms with Crippen molar-refractivity contribution >= 4 is 17.0 Å². The maximum atomic E-state index is 11.5. The number of hydrogen-bond donors (Lipinski definition) is 0. The standard InChI is InChI=1S/C15H10O4/c16-12-6-5-11-14-9(3-1-7-18-14)13-10(15(11)19-12)4-2-8-17-13/h1-3,5-6,8H,4,7H2. The van der Waals surface area contributed by atoms with Crippen LogP contribution in [-0.4, -0.2) is 6.61 Å². The van der Waals surface area contributed by atoms with Crippen LogP contribution in [0, 0.1) is 0 Å². The van der Waals surface area contributed by atoms with Crippen molar-refractivity contribution in [2.24, 2.45) is 0 Å². The monoisotopic (exact) mass is 254 g/mol. The van der Waals surface area contributed by atoms with Crippen LogP contribution in [0.3, 0.4) is 0 Å². The van der Waals surface area contributed by atoms with E-state index in [-0.39, 0.29) is 5.63 Å². The van der Waals surface area contributed by atoms with Gasteiger partial charge in [0.15, 0.2) is 0 Å². The molecule has 4 nitrogen and oxygen atoms in total. The molecule has 0 spiro atoms. The van der Waals surface area contributed by atoms with Gasteiger partial charge in [0.05, 0.1) is 17.2 Å². The van der Waals surface area contributed by atoms with Crippen LogP contribution in [0.15, 0.2) is 39.8 Å². The molecule has 0 saturated carbocycles. The summed E-state index contributed by atoms with van der Waals surface area (Å²) in [6.07, 6.45) is 8.16. The predicted molar refractivity (Wildman–Crippen MR) is 70.5 cm³/mol. The van der Waals surface area contributed by atoms with Gasteiger partial charge in [0.25, 0.3) is 0 Å². The average Bonchev–Trinajstić information content (AvgIpc) is 2.47. The molecule has 2 aliphatic rings. The molecular formula is C15H10O4. The van der Waals surface area contributed by atoms with Crippen LogP contribution in [0.4, 0.5) is 0 Å². The zero-order valence-electron chi connectivity index (χ0n) is 10.0. The van der Waals surface area contributed by atoms with Gasteiger partial charge >= 0.3 is 5.63 Å². The fourth-order valence-electron chi connectivity index (χ4n) is 2.54. The zero-order chi connectivity index (χ0) is 12.8. The third-order valence-corrected chi connectivity index (χ3v) is 3.33. The fraction of sp³-hybridized carbons (Fsp3) is 0.133. The molecule has 94 valence electrons. The summed E-state index contributed by atoms with van der Waals surface area (Å²) < 4.78 is 16.6. The minimum absolute atomic E-state index is 0.365. The Morgan fingerprint density at radius 2 is 2.05 bits per heavy atom. The molecule has 4 heteroatoms. The molecule has 1 aromatic carbocycles. The lowest BCUT2D eigenvalue weighted by atomic mass is 9.98. The number of hydrogen-bond acceptors (Lipinski definition) is 4. The summed E-state index contributed by atoms with van der Waals surface area (Å²) in [6.45, 7) is 0.510. The molecule has 2 aromatic rings. The Morgan fingerprint density at radius 3 is 3.00 bits per heavy atom. The lowest BCUT2D eigenvalue weighted by Crippen LogP contribution is -2.08. The molecule has 4 rings (SSSR count). The SMILES string of the molecule is O=c1ccc2c3c(c4c(c2o1)CC=CO4)C=CCO3. The zero-order valence-corrected chi connectivity index (χ0v) is 10.0. The Labute approximate surface area is 108 Å². The van der Waals surface area contributed by atoms with E-state index >= 15 is 0 Å². The Kier molecular flexibility index (Phi) is 2.06. The first kappa shape index (κ1) is 10.4. The molecule has 19 heavy (non-hydrogen) atoms. The molecular weight excluding hydrogens is 244 g/mol. The highest BCUT2D eigenvalue weighted by Gasteiger charge is 2.24. The molecule has 1 aromatic heterocycles. The van der Waals surface area contributed by atoms with Gasteiger partial charge in [0, 0.05) is 18.1 Å². The molecule has 2 aliphatic heterocycles. The maximum Gasteiger partial charge on any atom is 0.336 e. The third kappa shape index (κ3) is 1.43. The fourth-order valence-corrected chi connectivity index (χ4v) is 2.54. The molecule has 0 saturated heterocycles. The quantitative estimate of drug-likeness (QED) is 0.678. The highest BCUT2D eigenvalue weighted by Crippen LogP contribution is 2.44. The summed E-state index contributed by atoms with van der Waals surface area (Å²) in [7, 11) is 0. The van der Waals surface area contributed by atoms with Gasteiger partial charge in [0.2, 0.25) is 0 Å². The van der Waals surface area contributed by atoms with E-state index in [0.29, 0.717) is 18.6 Å². The average molecular weight is 254 g/mol. The van der Waals surface area contributed by atoms with Crippen molar-refractivity contribution in [2.45, 2.75) is 6.42 Å². The minimum atomic E-state index is -0.365. The minimum Gasteiger partial charge on any atom is -0.488 e. The van der Waals surface area contributed by atoms with E-state index in [9.17, 15) is 4.79 Å². The van der Waals surface area contributed by atoms with Gasteiger partial charge in [-0.1, -0.05) is 0 Å². The van der Waals surface area contributed by atoms with Gasteiger partial charge in [-0.05, 0) is 24.3 Å². The number of benzene rings is 1. The third-order valence-electron chi connectivity index (χ3n) is 3.33. The van der Waals surface area contributed by atoms with Crippen molar-refractivity contribution in [2.75, 3.05) is 6.61 Å². The molecule has 3 heterocycles. The molecule has 0 fully saturated rings. The summed E-state index contributed by atoms with van der Waals surface area (Å²) >= 11 is 0. The van der Waals surface area contributed by atoms with Crippen LogP contribution in [-0.2, 0) is 6.42 Å². The first-order valence-corrected chi connectivity index (χ1v) is 6.08. The van der Waals surface area contributed by atoms with Crippen LogP contribution < -0.4 is 15.1 Å². The number of ether oxygens (including phenoxy) is 2. The Balaban J connectivity index is 2.20. The summed E-state index contributed by atoms with van der Waals surface area (Å²) in [5.74, 6) is 1.44. The van der Waals surface area contributed by atoms with Gasteiger partial charge in [-0.3, -0.25) is 0 Å². The van der Waals surface area contributed by atoms with Crippen LogP contribution >= 0.6 is 0 Å². The lowest BCUT2D eigenvalue weighted by molar-refractivity contribution is 0.357. The molecule has 0 amide bonds. The number of rotatable bonds is 0. The predicted octanol–water partition coefficient (Wildman–Crippen LogP) is 2.65. The second kappa shape index (κ2) is 3.75. The normalized spacial score (nSPS) is 15.6. The number of fused-ring (bicyclic) bond motifs is 6. The molecule has 0 radical (unpaired) electrons. The Bertz CT molecular complexity index is 796. The second-order valence-electron chi connectivity index (χ2n) is 4.45. The first-order chi connectivity index (χ1) is 9.34. The van der Waals surface area contributed by atoms with E-state index in [0.717, 1.165) is 28.0 Å². The molecule has 0 unspecified atom stereocenters. The van der Waals surface area contributed by atoms with Gasteiger partial charge in [0.1, 0.15) is 23.7 Å². The van der Waals surface area contributed by atoms with E-state index in [4.69, 9.17) is 13.9 Å². The smallest absolute Gasteiger partial charge is 0.336 e. The number of allylic oxidation sites excluding steroid dienone is 1. The highest BCUT2D eigenvalue weighted by atomic mass is 16.5. The second-order valence-corrected chi connectivity index (χ2v) is 4.45. The molecule has 0 N–H and O–H groups in total. The summed E-state index contributed by atoms with van der Waals surface area (Å²) in [5.41, 5.74) is 1.99. The van der Waals surface area contributed by atoms with Crippen molar-refractivity contribution in [3.63, 3.8) is 0 Å². The lowest BCUT2D eigenvalue weighted by Gasteiger charge is -2.22. The van der Waals surface area contributed by atoms with Gasteiger partial charge in [-0.15, -0.1) is 0 Å². The van der Waals surface area contributed by atoms with Crippen LogP contribution in [0.25, 0.3) is 17.0 Å². The van der Waals surface area contributed by atoms with E-state index in [1.807, 2.05) is 18.2 Å².